The number of hydrogen-bond donors (Lipinski definition) is 1. The zero-order valence-electron chi connectivity index (χ0n) is 12.1. The summed E-state index contributed by atoms with van der Waals surface area (Å²) in [4.78, 5) is 2.57. The molecule has 1 aliphatic rings. The molecule has 2 nitrogen and oxygen atoms in total. The van der Waals surface area contributed by atoms with E-state index in [1.165, 1.54) is 43.5 Å². The second-order valence-electron chi connectivity index (χ2n) is 5.58. The van der Waals surface area contributed by atoms with Gasteiger partial charge >= 0.3 is 0 Å². The minimum Gasteiger partial charge on any atom is -0.398 e. The molecule has 1 aromatic rings. The molecule has 0 aromatic heterocycles. The van der Waals surface area contributed by atoms with Gasteiger partial charge in [0.25, 0.3) is 0 Å². The average Bonchev–Trinajstić information content (AvgIpc) is 2.78. The number of halogens is 1. The molecule has 2 rings (SSSR count). The zero-order chi connectivity index (χ0) is 13.8. The highest BCUT2D eigenvalue weighted by atomic mass is 35.5. The highest BCUT2D eigenvalue weighted by Gasteiger charge is 2.27. The van der Waals surface area contributed by atoms with Gasteiger partial charge in [-0.15, -0.1) is 0 Å². The summed E-state index contributed by atoms with van der Waals surface area (Å²) in [6.07, 6.45) is 4.78. The van der Waals surface area contributed by atoms with E-state index < -0.39 is 0 Å². The number of fused-ring (bicyclic) bond motifs is 1. The Hall–Kier alpha value is -0.730. The second-order valence-corrected chi connectivity index (χ2v) is 5.96. The third-order valence-electron chi connectivity index (χ3n) is 4.03. The molecule has 19 heavy (non-hydrogen) atoms. The van der Waals surface area contributed by atoms with E-state index in [2.05, 4.69) is 24.8 Å². The van der Waals surface area contributed by atoms with Crippen molar-refractivity contribution in [2.45, 2.75) is 45.4 Å². The molecule has 0 saturated carbocycles. The molecule has 0 spiro atoms. The number of benzene rings is 1. The largest absolute Gasteiger partial charge is 0.398 e. The monoisotopic (exact) mass is 280 g/mol. The van der Waals surface area contributed by atoms with Gasteiger partial charge in [0.05, 0.1) is 10.7 Å². The summed E-state index contributed by atoms with van der Waals surface area (Å²) in [5.41, 5.74) is 9.40. The molecule has 1 atom stereocenters. The molecule has 106 valence electrons. The van der Waals surface area contributed by atoms with E-state index >= 15 is 0 Å². The van der Waals surface area contributed by atoms with Crippen LogP contribution in [0.2, 0.25) is 5.02 Å². The molecule has 1 aromatic carbocycles. The van der Waals surface area contributed by atoms with Crippen LogP contribution < -0.4 is 5.73 Å². The van der Waals surface area contributed by atoms with E-state index in [0.717, 1.165) is 23.7 Å². The van der Waals surface area contributed by atoms with Gasteiger partial charge in [0, 0.05) is 6.54 Å². The van der Waals surface area contributed by atoms with Crippen LogP contribution in [0.15, 0.2) is 12.1 Å². The Labute approximate surface area is 121 Å². The van der Waals surface area contributed by atoms with Gasteiger partial charge in [0.1, 0.15) is 0 Å². The van der Waals surface area contributed by atoms with Gasteiger partial charge < -0.3 is 10.6 Å². The summed E-state index contributed by atoms with van der Waals surface area (Å²) in [6.45, 7) is 7.98. The number of aryl methyl sites for hydroxylation is 1. The molecule has 0 heterocycles. The maximum absolute atomic E-state index is 6.43. The van der Waals surface area contributed by atoms with E-state index in [1.54, 1.807) is 0 Å². The van der Waals surface area contributed by atoms with Crippen molar-refractivity contribution in [2.75, 3.05) is 25.4 Å². The molecular formula is C16H25ClN2. The third kappa shape index (κ3) is 3.24. The van der Waals surface area contributed by atoms with Crippen molar-refractivity contribution in [3.8, 4) is 0 Å². The average molecular weight is 281 g/mol. The lowest BCUT2D eigenvalue weighted by Gasteiger charge is -2.25. The Morgan fingerprint density at radius 3 is 2.58 bits per heavy atom. The second kappa shape index (κ2) is 6.62. The molecule has 2 N–H and O–H groups in total. The standard InChI is InChI=1S/C16H25ClN2/c1-3-9-19(10-4-2)11-13-6-5-12-7-8-14(18)16(17)15(12)13/h7-8,13H,3-6,9-11,18H2,1-2H3. The molecule has 0 amide bonds. The van der Waals surface area contributed by atoms with E-state index in [4.69, 9.17) is 17.3 Å². The van der Waals surface area contributed by atoms with Gasteiger partial charge in [-0.05, 0) is 61.9 Å². The fourth-order valence-corrected chi connectivity index (χ4v) is 3.54. The summed E-state index contributed by atoms with van der Waals surface area (Å²) in [5, 5.41) is 0.799. The predicted octanol–water partition coefficient (Wildman–Crippen LogP) is 4.07. The van der Waals surface area contributed by atoms with E-state index in [1.807, 2.05) is 6.07 Å². The number of nitrogen functional groups attached to an aromatic ring is 1. The van der Waals surface area contributed by atoms with Gasteiger partial charge in [-0.2, -0.15) is 0 Å². The Morgan fingerprint density at radius 1 is 1.26 bits per heavy atom. The normalized spacial score (nSPS) is 18.0. The molecule has 1 aliphatic carbocycles. The van der Waals surface area contributed by atoms with Crippen LogP contribution in [-0.2, 0) is 6.42 Å². The topological polar surface area (TPSA) is 29.3 Å². The summed E-state index contributed by atoms with van der Waals surface area (Å²) >= 11 is 6.43. The molecule has 0 saturated heterocycles. The molecule has 0 radical (unpaired) electrons. The minimum atomic E-state index is 0.559. The van der Waals surface area contributed by atoms with Crippen LogP contribution >= 0.6 is 11.6 Å². The fraction of sp³-hybridized carbons (Fsp3) is 0.625. The summed E-state index contributed by atoms with van der Waals surface area (Å²) < 4.78 is 0. The van der Waals surface area contributed by atoms with Crippen molar-refractivity contribution < 1.29 is 0 Å². The van der Waals surface area contributed by atoms with Crippen molar-refractivity contribution in [1.29, 1.82) is 0 Å². The summed E-state index contributed by atoms with van der Waals surface area (Å²) in [7, 11) is 0. The van der Waals surface area contributed by atoms with Gasteiger partial charge in [-0.1, -0.05) is 31.5 Å². The van der Waals surface area contributed by atoms with Crippen LogP contribution in [0.5, 0.6) is 0 Å². The summed E-state index contributed by atoms with van der Waals surface area (Å²) in [5.74, 6) is 0.559. The maximum Gasteiger partial charge on any atom is 0.0673 e. The van der Waals surface area contributed by atoms with Crippen LogP contribution in [0.25, 0.3) is 0 Å². The van der Waals surface area contributed by atoms with Crippen molar-refractivity contribution in [3.05, 3.63) is 28.3 Å². The first-order valence-corrected chi connectivity index (χ1v) is 7.84. The molecule has 1 unspecified atom stereocenters. The first kappa shape index (κ1) is 14.7. The van der Waals surface area contributed by atoms with Crippen molar-refractivity contribution in [1.82, 2.24) is 4.90 Å². The Kier molecular flexibility index (Phi) is 5.12. The maximum atomic E-state index is 6.43. The first-order chi connectivity index (χ1) is 9.17. The smallest absolute Gasteiger partial charge is 0.0673 e. The fourth-order valence-electron chi connectivity index (χ4n) is 3.20. The number of hydrogen-bond acceptors (Lipinski definition) is 2. The van der Waals surface area contributed by atoms with E-state index in [9.17, 15) is 0 Å². The quantitative estimate of drug-likeness (QED) is 0.796. The molecule has 0 bridgehead atoms. The number of rotatable bonds is 6. The van der Waals surface area contributed by atoms with Crippen LogP contribution in [0.1, 0.15) is 50.2 Å². The molecule has 0 fully saturated rings. The minimum absolute atomic E-state index is 0.559. The van der Waals surface area contributed by atoms with Crippen LogP contribution in [0.4, 0.5) is 5.69 Å². The lowest BCUT2D eigenvalue weighted by molar-refractivity contribution is 0.256. The van der Waals surface area contributed by atoms with Crippen LogP contribution in [0.3, 0.4) is 0 Å². The van der Waals surface area contributed by atoms with E-state index in [-0.39, 0.29) is 0 Å². The number of nitrogens with zero attached hydrogens (tertiary/aromatic N) is 1. The van der Waals surface area contributed by atoms with Gasteiger partial charge in [0.2, 0.25) is 0 Å². The Balaban J connectivity index is 2.15. The van der Waals surface area contributed by atoms with Crippen LogP contribution in [0, 0.1) is 0 Å². The molecular weight excluding hydrogens is 256 g/mol. The molecule has 0 aliphatic heterocycles. The SMILES string of the molecule is CCCN(CCC)CC1CCc2ccc(N)c(Cl)c21. The van der Waals surface area contributed by atoms with Gasteiger partial charge in [-0.25, -0.2) is 0 Å². The molecule has 3 heteroatoms. The lowest BCUT2D eigenvalue weighted by Crippen LogP contribution is -2.29. The van der Waals surface area contributed by atoms with Gasteiger partial charge in [0.15, 0.2) is 0 Å². The lowest BCUT2D eigenvalue weighted by atomic mass is 9.99. The van der Waals surface area contributed by atoms with Crippen molar-refractivity contribution in [3.63, 3.8) is 0 Å². The first-order valence-electron chi connectivity index (χ1n) is 7.46. The number of nitrogens with two attached hydrogens (primary N) is 1. The Bertz CT molecular complexity index is 425. The van der Waals surface area contributed by atoms with E-state index in [0.29, 0.717) is 5.92 Å². The van der Waals surface area contributed by atoms with Crippen LogP contribution in [-0.4, -0.2) is 24.5 Å². The highest BCUT2D eigenvalue weighted by Crippen LogP contribution is 2.41. The third-order valence-corrected chi connectivity index (χ3v) is 4.45. The number of anilines is 1. The van der Waals surface area contributed by atoms with Crippen molar-refractivity contribution >= 4 is 17.3 Å². The van der Waals surface area contributed by atoms with Crippen molar-refractivity contribution in [2.24, 2.45) is 0 Å². The predicted molar refractivity (Wildman–Crippen MR) is 83.9 cm³/mol. The summed E-state index contributed by atoms with van der Waals surface area (Å²) in [6, 6.07) is 4.10. The highest BCUT2D eigenvalue weighted by molar-refractivity contribution is 6.34. The zero-order valence-corrected chi connectivity index (χ0v) is 12.8. The van der Waals surface area contributed by atoms with Gasteiger partial charge in [-0.3, -0.25) is 0 Å². The Morgan fingerprint density at radius 2 is 1.95 bits per heavy atom.